The standard InChI is InChI=1S/C23H25F5O/c1-2-3-15-4-6-16(7-5-15)12-17-13-20(24)22(21(25)14-17)18-8-10-19(11-9-18)29-23(26,27)28/h8-11,13-16H,2-7,12H2,1H3. The van der Waals surface area contributed by atoms with Crippen molar-refractivity contribution in [2.75, 3.05) is 0 Å². The Morgan fingerprint density at radius 3 is 1.97 bits per heavy atom. The summed E-state index contributed by atoms with van der Waals surface area (Å²) in [5.41, 5.74) is 0.555. The van der Waals surface area contributed by atoms with Crippen LogP contribution in [0.2, 0.25) is 0 Å². The van der Waals surface area contributed by atoms with Crippen LogP contribution in [0.5, 0.6) is 5.75 Å². The Kier molecular flexibility index (Phi) is 6.81. The molecule has 2 aromatic rings. The molecule has 0 aliphatic heterocycles. The Bertz CT molecular complexity index is 782. The molecular formula is C23H25F5O. The Balaban J connectivity index is 1.70. The molecule has 0 bridgehead atoms. The second-order valence-corrected chi connectivity index (χ2v) is 7.89. The largest absolute Gasteiger partial charge is 0.573 e. The van der Waals surface area contributed by atoms with Crippen molar-refractivity contribution in [3.8, 4) is 16.9 Å². The van der Waals surface area contributed by atoms with Crippen LogP contribution in [-0.2, 0) is 6.42 Å². The first-order valence-electron chi connectivity index (χ1n) is 10.1. The fraction of sp³-hybridized carbons (Fsp3) is 0.478. The summed E-state index contributed by atoms with van der Waals surface area (Å²) in [4.78, 5) is 0. The lowest BCUT2D eigenvalue weighted by molar-refractivity contribution is -0.274. The Hall–Kier alpha value is -2.11. The van der Waals surface area contributed by atoms with Gasteiger partial charge in [-0.25, -0.2) is 8.78 Å². The van der Waals surface area contributed by atoms with Gasteiger partial charge in [0.2, 0.25) is 0 Å². The lowest BCUT2D eigenvalue weighted by Gasteiger charge is -2.28. The highest BCUT2D eigenvalue weighted by Crippen LogP contribution is 2.35. The summed E-state index contributed by atoms with van der Waals surface area (Å²) in [6.45, 7) is 2.19. The summed E-state index contributed by atoms with van der Waals surface area (Å²) in [5.74, 6) is -0.631. The lowest BCUT2D eigenvalue weighted by Crippen LogP contribution is -2.17. The van der Waals surface area contributed by atoms with Crippen molar-refractivity contribution >= 4 is 0 Å². The van der Waals surface area contributed by atoms with Crippen LogP contribution in [-0.4, -0.2) is 6.36 Å². The van der Waals surface area contributed by atoms with Gasteiger partial charge in [-0.05, 0) is 66.5 Å². The van der Waals surface area contributed by atoms with E-state index in [1.54, 1.807) is 0 Å². The molecule has 2 aromatic carbocycles. The molecule has 29 heavy (non-hydrogen) atoms. The molecule has 0 unspecified atom stereocenters. The predicted molar refractivity (Wildman–Crippen MR) is 103 cm³/mol. The van der Waals surface area contributed by atoms with E-state index in [4.69, 9.17) is 0 Å². The van der Waals surface area contributed by atoms with Crippen LogP contribution in [0.25, 0.3) is 11.1 Å². The topological polar surface area (TPSA) is 9.23 Å². The molecule has 0 saturated heterocycles. The maximum absolute atomic E-state index is 14.6. The maximum Gasteiger partial charge on any atom is 0.573 e. The van der Waals surface area contributed by atoms with Crippen molar-refractivity contribution < 1.29 is 26.7 Å². The van der Waals surface area contributed by atoms with Gasteiger partial charge in [0.1, 0.15) is 17.4 Å². The van der Waals surface area contributed by atoms with Crippen LogP contribution in [0.1, 0.15) is 51.0 Å². The van der Waals surface area contributed by atoms with Crippen LogP contribution < -0.4 is 4.74 Å². The molecule has 1 aliphatic rings. The van der Waals surface area contributed by atoms with Gasteiger partial charge in [-0.3, -0.25) is 0 Å². The Morgan fingerprint density at radius 1 is 0.897 bits per heavy atom. The van der Waals surface area contributed by atoms with Crippen molar-refractivity contribution in [2.45, 2.75) is 58.2 Å². The number of rotatable bonds is 6. The maximum atomic E-state index is 14.6. The molecule has 0 heterocycles. The predicted octanol–water partition coefficient (Wildman–Crippen LogP) is 7.68. The van der Waals surface area contributed by atoms with Crippen LogP contribution in [0.3, 0.4) is 0 Å². The third kappa shape index (κ3) is 5.94. The second kappa shape index (κ2) is 9.14. The molecule has 0 amide bonds. The van der Waals surface area contributed by atoms with Crippen molar-refractivity contribution in [1.82, 2.24) is 0 Å². The average Bonchev–Trinajstić information content (AvgIpc) is 2.63. The zero-order valence-electron chi connectivity index (χ0n) is 16.4. The van der Waals surface area contributed by atoms with E-state index in [0.717, 1.165) is 30.9 Å². The third-order valence-electron chi connectivity index (χ3n) is 5.67. The van der Waals surface area contributed by atoms with Crippen molar-refractivity contribution in [1.29, 1.82) is 0 Å². The van der Waals surface area contributed by atoms with Gasteiger partial charge in [-0.15, -0.1) is 13.2 Å². The first-order chi connectivity index (χ1) is 13.7. The highest BCUT2D eigenvalue weighted by molar-refractivity contribution is 5.66. The van der Waals surface area contributed by atoms with Gasteiger partial charge < -0.3 is 4.74 Å². The molecule has 0 aromatic heterocycles. The fourth-order valence-corrected chi connectivity index (χ4v) is 4.31. The van der Waals surface area contributed by atoms with Gasteiger partial charge in [0.25, 0.3) is 0 Å². The van der Waals surface area contributed by atoms with Crippen LogP contribution >= 0.6 is 0 Å². The molecule has 1 fully saturated rings. The van der Waals surface area contributed by atoms with Gasteiger partial charge >= 0.3 is 6.36 Å². The second-order valence-electron chi connectivity index (χ2n) is 7.89. The van der Waals surface area contributed by atoms with E-state index in [1.807, 2.05) is 0 Å². The zero-order chi connectivity index (χ0) is 21.0. The van der Waals surface area contributed by atoms with Crippen LogP contribution in [0.4, 0.5) is 22.0 Å². The Labute approximate surface area is 167 Å². The van der Waals surface area contributed by atoms with E-state index in [1.165, 1.54) is 49.9 Å². The highest BCUT2D eigenvalue weighted by atomic mass is 19.4. The van der Waals surface area contributed by atoms with E-state index in [2.05, 4.69) is 11.7 Å². The molecule has 0 N–H and O–H groups in total. The summed E-state index contributed by atoms with van der Waals surface area (Å²) >= 11 is 0. The number of hydrogen-bond donors (Lipinski definition) is 0. The number of hydrogen-bond acceptors (Lipinski definition) is 1. The number of alkyl halides is 3. The van der Waals surface area contributed by atoms with E-state index in [0.29, 0.717) is 17.9 Å². The minimum atomic E-state index is -4.81. The average molecular weight is 412 g/mol. The molecule has 3 rings (SSSR count). The van der Waals surface area contributed by atoms with E-state index >= 15 is 0 Å². The molecule has 0 atom stereocenters. The minimum Gasteiger partial charge on any atom is -0.406 e. The van der Waals surface area contributed by atoms with Gasteiger partial charge in [0.05, 0.1) is 5.56 Å². The van der Waals surface area contributed by atoms with Crippen molar-refractivity contribution in [3.05, 3.63) is 53.6 Å². The Morgan fingerprint density at radius 2 is 1.45 bits per heavy atom. The van der Waals surface area contributed by atoms with Gasteiger partial charge in [-0.2, -0.15) is 0 Å². The normalized spacial score (nSPS) is 19.9. The summed E-state index contributed by atoms with van der Waals surface area (Å²) in [6, 6.07) is 7.22. The van der Waals surface area contributed by atoms with Crippen molar-refractivity contribution in [3.63, 3.8) is 0 Å². The molecule has 0 radical (unpaired) electrons. The fourth-order valence-electron chi connectivity index (χ4n) is 4.31. The smallest absolute Gasteiger partial charge is 0.406 e. The molecular weight excluding hydrogens is 387 g/mol. The monoisotopic (exact) mass is 412 g/mol. The van der Waals surface area contributed by atoms with Crippen LogP contribution in [0, 0.1) is 23.5 Å². The SMILES string of the molecule is CCCC1CCC(Cc2cc(F)c(-c3ccc(OC(F)(F)F)cc3)c(F)c2)CC1. The van der Waals surface area contributed by atoms with Gasteiger partial charge in [0.15, 0.2) is 0 Å². The molecule has 1 saturated carbocycles. The summed E-state index contributed by atoms with van der Waals surface area (Å²) in [5, 5.41) is 0. The quantitative estimate of drug-likeness (QED) is 0.442. The molecule has 1 nitrogen and oxygen atoms in total. The lowest BCUT2D eigenvalue weighted by atomic mass is 9.78. The molecule has 1 aliphatic carbocycles. The molecule has 0 spiro atoms. The number of ether oxygens (including phenoxy) is 1. The van der Waals surface area contributed by atoms with E-state index < -0.39 is 23.7 Å². The van der Waals surface area contributed by atoms with Crippen LogP contribution in [0.15, 0.2) is 36.4 Å². The van der Waals surface area contributed by atoms with E-state index in [-0.39, 0.29) is 11.1 Å². The zero-order valence-corrected chi connectivity index (χ0v) is 16.4. The first kappa shape index (κ1) is 21.6. The first-order valence-corrected chi connectivity index (χ1v) is 10.1. The number of benzene rings is 2. The molecule has 6 heteroatoms. The van der Waals surface area contributed by atoms with Gasteiger partial charge in [-0.1, -0.05) is 44.7 Å². The summed E-state index contributed by atoms with van der Waals surface area (Å²) < 4.78 is 69.8. The third-order valence-corrected chi connectivity index (χ3v) is 5.67. The van der Waals surface area contributed by atoms with Gasteiger partial charge in [0, 0.05) is 0 Å². The number of halogens is 5. The highest BCUT2D eigenvalue weighted by Gasteiger charge is 2.31. The van der Waals surface area contributed by atoms with Crippen molar-refractivity contribution in [2.24, 2.45) is 11.8 Å². The summed E-state index contributed by atoms with van der Waals surface area (Å²) in [7, 11) is 0. The summed E-state index contributed by atoms with van der Waals surface area (Å²) in [6.07, 6.45) is 2.78. The molecule has 158 valence electrons. The van der Waals surface area contributed by atoms with E-state index in [9.17, 15) is 22.0 Å². The minimum absolute atomic E-state index is 0.168.